The Labute approximate surface area is 176 Å². The van der Waals surface area contributed by atoms with E-state index in [0.717, 1.165) is 31.8 Å². The minimum Gasteiger partial charge on any atom is -0.486 e. The molecule has 1 amide bonds. The van der Waals surface area contributed by atoms with Gasteiger partial charge in [0.25, 0.3) is 5.91 Å². The molecular formula is C23H28N4O3. The van der Waals surface area contributed by atoms with E-state index in [1.165, 1.54) is 11.1 Å². The van der Waals surface area contributed by atoms with Gasteiger partial charge in [0.1, 0.15) is 18.1 Å². The molecule has 1 aliphatic heterocycles. The lowest BCUT2D eigenvalue weighted by molar-refractivity contribution is 0.0594. The molecule has 1 aliphatic rings. The smallest absolute Gasteiger partial charge is 0.289 e. The standard InChI is InChI=1S/C23H28N4O3/c1-3-18-4-6-20(7-5-18)29-17-21-8-9-22(30-21)23(28)27-12-10-26(11-13-27)16-19-14-24-25(2)15-19/h4-9,14-15H,3,10-13,16-17H2,1-2H3. The van der Waals surface area contributed by atoms with Crippen LogP contribution in [0.5, 0.6) is 5.75 Å². The Morgan fingerprint density at radius 3 is 2.50 bits per heavy atom. The van der Waals surface area contributed by atoms with E-state index in [-0.39, 0.29) is 5.91 Å². The van der Waals surface area contributed by atoms with Crippen molar-refractivity contribution in [2.24, 2.45) is 7.05 Å². The highest BCUT2D eigenvalue weighted by Crippen LogP contribution is 2.17. The number of rotatable bonds is 7. The number of benzene rings is 1. The lowest BCUT2D eigenvalue weighted by atomic mass is 10.2. The molecule has 1 fully saturated rings. The Balaban J connectivity index is 1.26. The van der Waals surface area contributed by atoms with Crippen LogP contribution in [0.3, 0.4) is 0 Å². The van der Waals surface area contributed by atoms with Crippen LogP contribution in [-0.4, -0.2) is 51.7 Å². The Kier molecular flexibility index (Phi) is 6.18. The maximum atomic E-state index is 12.8. The highest BCUT2D eigenvalue weighted by atomic mass is 16.5. The summed E-state index contributed by atoms with van der Waals surface area (Å²) in [5.74, 6) is 1.75. The van der Waals surface area contributed by atoms with E-state index in [0.29, 0.717) is 31.2 Å². The third-order valence-corrected chi connectivity index (χ3v) is 5.41. The summed E-state index contributed by atoms with van der Waals surface area (Å²) in [6, 6.07) is 11.6. The molecule has 0 spiro atoms. The summed E-state index contributed by atoms with van der Waals surface area (Å²) < 4.78 is 13.3. The maximum Gasteiger partial charge on any atom is 0.289 e. The molecule has 0 saturated carbocycles. The van der Waals surface area contributed by atoms with Crippen LogP contribution in [-0.2, 0) is 26.6 Å². The van der Waals surface area contributed by atoms with Crippen LogP contribution in [0.4, 0.5) is 0 Å². The van der Waals surface area contributed by atoms with Crippen molar-refractivity contribution >= 4 is 5.91 Å². The summed E-state index contributed by atoms with van der Waals surface area (Å²) in [6.45, 7) is 6.34. The average molecular weight is 409 g/mol. The highest BCUT2D eigenvalue weighted by Gasteiger charge is 2.24. The van der Waals surface area contributed by atoms with Gasteiger partial charge in [-0.1, -0.05) is 19.1 Å². The summed E-state index contributed by atoms with van der Waals surface area (Å²) >= 11 is 0. The predicted molar refractivity (Wildman–Crippen MR) is 113 cm³/mol. The first-order valence-corrected chi connectivity index (χ1v) is 10.4. The molecule has 7 nitrogen and oxygen atoms in total. The van der Waals surface area contributed by atoms with Gasteiger partial charge in [-0.05, 0) is 36.2 Å². The van der Waals surface area contributed by atoms with E-state index < -0.39 is 0 Å². The monoisotopic (exact) mass is 408 g/mol. The predicted octanol–water partition coefficient (Wildman–Crippen LogP) is 3.11. The number of hydrogen-bond acceptors (Lipinski definition) is 5. The van der Waals surface area contributed by atoms with Crippen LogP contribution in [0.15, 0.2) is 53.2 Å². The fourth-order valence-electron chi connectivity index (χ4n) is 3.62. The van der Waals surface area contributed by atoms with Crippen LogP contribution in [0.25, 0.3) is 0 Å². The lowest BCUT2D eigenvalue weighted by Crippen LogP contribution is -2.48. The number of nitrogens with zero attached hydrogens (tertiary/aromatic N) is 4. The molecular weight excluding hydrogens is 380 g/mol. The van der Waals surface area contributed by atoms with Crippen molar-refractivity contribution in [2.45, 2.75) is 26.5 Å². The van der Waals surface area contributed by atoms with Gasteiger partial charge in [0, 0.05) is 51.5 Å². The highest BCUT2D eigenvalue weighted by molar-refractivity contribution is 5.91. The largest absolute Gasteiger partial charge is 0.486 e. The van der Waals surface area contributed by atoms with Crippen molar-refractivity contribution in [3.8, 4) is 5.75 Å². The molecule has 1 aromatic carbocycles. The minimum atomic E-state index is -0.0606. The molecule has 4 rings (SSSR count). The fraction of sp³-hybridized carbons (Fsp3) is 0.391. The molecule has 0 aliphatic carbocycles. The second-order valence-electron chi connectivity index (χ2n) is 7.64. The van der Waals surface area contributed by atoms with E-state index in [9.17, 15) is 4.79 Å². The second-order valence-corrected chi connectivity index (χ2v) is 7.64. The number of ether oxygens (including phenoxy) is 1. The first-order chi connectivity index (χ1) is 14.6. The SMILES string of the molecule is CCc1ccc(OCc2ccc(C(=O)N3CCN(Cc4cnn(C)c4)CC3)o2)cc1. The van der Waals surface area contributed by atoms with Gasteiger partial charge in [0.05, 0.1) is 6.20 Å². The van der Waals surface area contributed by atoms with Crippen molar-refractivity contribution in [3.05, 3.63) is 71.4 Å². The number of furan rings is 1. The number of piperazine rings is 1. The maximum absolute atomic E-state index is 12.8. The summed E-state index contributed by atoms with van der Waals surface area (Å²) in [4.78, 5) is 17.0. The Morgan fingerprint density at radius 2 is 1.83 bits per heavy atom. The second kappa shape index (κ2) is 9.17. The molecule has 0 atom stereocenters. The van der Waals surface area contributed by atoms with Gasteiger partial charge < -0.3 is 14.1 Å². The zero-order valence-electron chi connectivity index (χ0n) is 17.6. The zero-order chi connectivity index (χ0) is 20.9. The molecule has 3 aromatic rings. The first-order valence-electron chi connectivity index (χ1n) is 10.4. The van der Waals surface area contributed by atoms with Crippen LogP contribution in [0.1, 0.15) is 34.4 Å². The molecule has 0 N–H and O–H groups in total. The molecule has 158 valence electrons. The van der Waals surface area contributed by atoms with Gasteiger partial charge in [0.2, 0.25) is 0 Å². The summed E-state index contributed by atoms with van der Waals surface area (Å²) in [7, 11) is 1.92. The van der Waals surface area contributed by atoms with Crippen molar-refractivity contribution in [1.82, 2.24) is 19.6 Å². The van der Waals surface area contributed by atoms with Gasteiger partial charge in [-0.25, -0.2) is 0 Å². The van der Waals surface area contributed by atoms with E-state index >= 15 is 0 Å². The van der Waals surface area contributed by atoms with Gasteiger partial charge >= 0.3 is 0 Å². The number of carbonyl (C=O) groups excluding carboxylic acids is 1. The molecule has 3 heterocycles. The van der Waals surface area contributed by atoms with E-state index in [4.69, 9.17) is 9.15 Å². The van der Waals surface area contributed by atoms with Crippen molar-refractivity contribution in [3.63, 3.8) is 0 Å². The molecule has 30 heavy (non-hydrogen) atoms. The number of aryl methyl sites for hydroxylation is 2. The molecule has 0 bridgehead atoms. The fourth-order valence-corrected chi connectivity index (χ4v) is 3.62. The minimum absolute atomic E-state index is 0.0606. The summed E-state index contributed by atoms with van der Waals surface area (Å²) in [5, 5.41) is 4.21. The topological polar surface area (TPSA) is 63.7 Å². The molecule has 1 saturated heterocycles. The number of carbonyl (C=O) groups is 1. The van der Waals surface area contributed by atoms with Crippen LogP contribution >= 0.6 is 0 Å². The van der Waals surface area contributed by atoms with Gasteiger partial charge in [-0.2, -0.15) is 5.10 Å². The average Bonchev–Trinajstić information content (AvgIpc) is 3.41. The lowest BCUT2D eigenvalue weighted by Gasteiger charge is -2.34. The zero-order valence-corrected chi connectivity index (χ0v) is 17.6. The Hall–Kier alpha value is -3.06. The Morgan fingerprint density at radius 1 is 1.07 bits per heavy atom. The van der Waals surface area contributed by atoms with Crippen LogP contribution in [0.2, 0.25) is 0 Å². The molecule has 0 radical (unpaired) electrons. The van der Waals surface area contributed by atoms with Gasteiger partial charge in [0.15, 0.2) is 5.76 Å². The number of aromatic nitrogens is 2. The van der Waals surface area contributed by atoms with Crippen molar-refractivity contribution in [1.29, 1.82) is 0 Å². The van der Waals surface area contributed by atoms with E-state index in [2.05, 4.69) is 29.1 Å². The normalized spacial score (nSPS) is 14.8. The van der Waals surface area contributed by atoms with Crippen LogP contribution < -0.4 is 4.74 Å². The number of hydrogen-bond donors (Lipinski definition) is 0. The summed E-state index contributed by atoms with van der Waals surface area (Å²) in [6.07, 6.45) is 4.92. The van der Waals surface area contributed by atoms with Crippen LogP contribution in [0, 0.1) is 0 Å². The first kappa shape index (κ1) is 20.2. The molecule has 7 heteroatoms. The van der Waals surface area contributed by atoms with Gasteiger partial charge in [-0.15, -0.1) is 0 Å². The third kappa shape index (κ3) is 4.91. The molecule has 2 aromatic heterocycles. The quantitative estimate of drug-likeness (QED) is 0.601. The van der Waals surface area contributed by atoms with E-state index in [1.54, 1.807) is 6.07 Å². The molecule has 0 unspecified atom stereocenters. The third-order valence-electron chi connectivity index (χ3n) is 5.41. The van der Waals surface area contributed by atoms with E-state index in [1.807, 2.05) is 47.2 Å². The van der Waals surface area contributed by atoms with Crippen molar-refractivity contribution in [2.75, 3.05) is 26.2 Å². The van der Waals surface area contributed by atoms with Gasteiger partial charge in [-0.3, -0.25) is 14.4 Å². The number of amides is 1. The Bertz CT molecular complexity index is 969. The van der Waals surface area contributed by atoms with Crippen molar-refractivity contribution < 1.29 is 13.9 Å². The summed E-state index contributed by atoms with van der Waals surface area (Å²) in [5.41, 5.74) is 2.46.